The number of nitrogens with zero attached hydrogens (tertiary/aromatic N) is 3. The second kappa shape index (κ2) is 11.8. The van der Waals surface area contributed by atoms with Gasteiger partial charge in [0.2, 0.25) is 11.8 Å². The molecule has 0 unspecified atom stereocenters. The molecule has 3 amide bonds. The molecule has 0 aromatic heterocycles. The molecule has 11 nitrogen and oxygen atoms in total. The SMILES string of the molecule is O=C(CN(C(=O)c1ccc([N+](=O)[O-])cc1)N1C(=O)CCCC1=O)c1ccc(OC(=O)c2ccc(Br)cc2)cc1. The molecule has 1 fully saturated rings. The Balaban J connectivity index is 1.53. The van der Waals surface area contributed by atoms with Gasteiger partial charge in [-0.3, -0.25) is 29.3 Å². The van der Waals surface area contributed by atoms with Crippen molar-refractivity contribution in [3.63, 3.8) is 0 Å². The number of esters is 1. The van der Waals surface area contributed by atoms with E-state index in [2.05, 4.69) is 15.9 Å². The summed E-state index contributed by atoms with van der Waals surface area (Å²) in [5.74, 6) is -3.12. The highest BCUT2D eigenvalue weighted by Crippen LogP contribution is 2.21. The lowest BCUT2D eigenvalue weighted by Crippen LogP contribution is -2.56. The molecule has 198 valence electrons. The molecule has 0 aliphatic carbocycles. The van der Waals surface area contributed by atoms with Gasteiger partial charge in [-0.05, 0) is 67.1 Å². The summed E-state index contributed by atoms with van der Waals surface area (Å²) >= 11 is 3.29. The van der Waals surface area contributed by atoms with Crippen molar-refractivity contribution in [3.05, 3.63) is 104 Å². The molecule has 0 spiro atoms. The van der Waals surface area contributed by atoms with Crippen molar-refractivity contribution >= 4 is 51.1 Å². The van der Waals surface area contributed by atoms with Gasteiger partial charge in [0.15, 0.2) is 5.78 Å². The number of hydrazine groups is 1. The third-order valence-electron chi connectivity index (χ3n) is 5.81. The maximum atomic E-state index is 13.3. The highest BCUT2D eigenvalue weighted by atomic mass is 79.9. The monoisotopic (exact) mass is 593 g/mol. The number of carbonyl (C=O) groups is 5. The fraction of sp³-hybridized carbons (Fsp3) is 0.148. The van der Waals surface area contributed by atoms with E-state index < -0.39 is 40.9 Å². The number of hydrogen-bond donors (Lipinski definition) is 0. The number of rotatable bonds is 8. The van der Waals surface area contributed by atoms with Gasteiger partial charge < -0.3 is 4.74 Å². The number of nitro benzene ring substituents is 1. The fourth-order valence-corrected chi connectivity index (χ4v) is 4.07. The van der Waals surface area contributed by atoms with E-state index in [0.717, 1.165) is 21.6 Å². The number of benzene rings is 3. The quantitative estimate of drug-likeness (QED) is 0.0935. The molecule has 0 atom stereocenters. The zero-order valence-electron chi connectivity index (χ0n) is 20.2. The predicted octanol–water partition coefficient (Wildman–Crippen LogP) is 4.36. The minimum atomic E-state index is -0.845. The summed E-state index contributed by atoms with van der Waals surface area (Å²) in [5.41, 5.74) is 0.168. The molecule has 0 radical (unpaired) electrons. The van der Waals surface area contributed by atoms with Crippen LogP contribution in [0.2, 0.25) is 0 Å². The van der Waals surface area contributed by atoms with Crippen LogP contribution in [0.25, 0.3) is 0 Å². The normalized spacial score (nSPS) is 13.1. The molecule has 0 N–H and O–H groups in total. The Labute approximate surface area is 230 Å². The van der Waals surface area contributed by atoms with E-state index in [1.807, 2.05) is 0 Å². The van der Waals surface area contributed by atoms with Crippen molar-refractivity contribution in [3.8, 4) is 5.75 Å². The molecule has 1 aliphatic heterocycles. The van der Waals surface area contributed by atoms with Gasteiger partial charge in [-0.1, -0.05) is 15.9 Å². The van der Waals surface area contributed by atoms with E-state index in [1.54, 1.807) is 24.3 Å². The van der Waals surface area contributed by atoms with Crippen LogP contribution in [0.3, 0.4) is 0 Å². The van der Waals surface area contributed by atoms with Crippen LogP contribution in [0.15, 0.2) is 77.3 Å². The third kappa shape index (κ3) is 6.41. The average Bonchev–Trinajstić information content (AvgIpc) is 2.92. The second-order valence-electron chi connectivity index (χ2n) is 8.46. The number of imide groups is 1. The van der Waals surface area contributed by atoms with Gasteiger partial charge in [-0.15, -0.1) is 0 Å². The molecular weight excluding hydrogens is 574 g/mol. The van der Waals surface area contributed by atoms with Gasteiger partial charge in [0.1, 0.15) is 12.3 Å². The Bertz CT molecular complexity index is 1440. The van der Waals surface area contributed by atoms with Crippen LogP contribution in [0.1, 0.15) is 50.3 Å². The number of non-ortho nitro benzene ring substituents is 1. The molecule has 0 bridgehead atoms. The van der Waals surface area contributed by atoms with E-state index in [-0.39, 0.29) is 35.4 Å². The van der Waals surface area contributed by atoms with Gasteiger partial charge in [0.05, 0.1) is 10.5 Å². The first kappa shape index (κ1) is 27.3. The minimum Gasteiger partial charge on any atom is -0.423 e. The van der Waals surface area contributed by atoms with E-state index in [0.29, 0.717) is 17.0 Å². The lowest BCUT2D eigenvalue weighted by molar-refractivity contribution is -0.384. The lowest BCUT2D eigenvalue weighted by Gasteiger charge is -2.35. The van der Waals surface area contributed by atoms with Gasteiger partial charge in [-0.25, -0.2) is 9.80 Å². The van der Waals surface area contributed by atoms with E-state index in [4.69, 9.17) is 4.74 Å². The number of ketones is 1. The summed E-state index contributed by atoms with van der Waals surface area (Å²) in [6.07, 6.45) is 0.354. The van der Waals surface area contributed by atoms with Crippen LogP contribution in [-0.2, 0) is 9.59 Å². The summed E-state index contributed by atoms with van der Waals surface area (Å²) in [5, 5.41) is 12.4. The Kier molecular flexibility index (Phi) is 8.25. The van der Waals surface area contributed by atoms with Crippen LogP contribution in [0.5, 0.6) is 5.75 Å². The minimum absolute atomic E-state index is 0.0163. The van der Waals surface area contributed by atoms with Crippen molar-refractivity contribution in [1.29, 1.82) is 0 Å². The van der Waals surface area contributed by atoms with Crippen LogP contribution >= 0.6 is 15.9 Å². The molecule has 12 heteroatoms. The third-order valence-corrected chi connectivity index (χ3v) is 6.34. The van der Waals surface area contributed by atoms with Gasteiger partial charge in [0.25, 0.3) is 11.6 Å². The molecule has 3 aromatic rings. The first-order chi connectivity index (χ1) is 18.6. The van der Waals surface area contributed by atoms with Gasteiger partial charge in [-0.2, -0.15) is 5.01 Å². The smallest absolute Gasteiger partial charge is 0.343 e. The summed E-state index contributed by atoms with van der Waals surface area (Å²) in [4.78, 5) is 74.3. The highest BCUT2D eigenvalue weighted by molar-refractivity contribution is 9.10. The van der Waals surface area contributed by atoms with Crippen molar-refractivity contribution in [2.45, 2.75) is 19.3 Å². The number of ether oxygens (including phenoxy) is 1. The Morgan fingerprint density at radius 2 is 1.38 bits per heavy atom. The van der Waals surface area contributed by atoms with Crippen LogP contribution in [0.4, 0.5) is 5.69 Å². The van der Waals surface area contributed by atoms with E-state index >= 15 is 0 Å². The number of amides is 3. The summed E-state index contributed by atoms with van der Waals surface area (Å²) in [6.45, 7) is -0.647. The van der Waals surface area contributed by atoms with E-state index in [9.17, 15) is 34.1 Å². The summed E-state index contributed by atoms with van der Waals surface area (Å²) in [6, 6.07) is 16.8. The van der Waals surface area contributed by atoms with Crippen LogP contribution < -0.4 is 4.74 Å². The maximum Gasteiger partial charge on any atom is 0.343 e. The number of Topliss-reactive ketones (excluding diaryl/α,β-unsaturated/α-hetero) is 1. The topological polar surface area (TPSA) is 144 Å². The Morgan fingerprint density at radius 3 is 1.95 bits per heavy atom. The van der Waals surface area contributed by atoms with Crippen LogP contribution in [-0.4, -0.2) is 51.0 Å². The van der Waals surface area contributed by atoms with Crippen molar-refractivity contribution in [1.82, 2.24) is 10.0 Å². The van der Waals surface area contributed by atoms with Gasteiger partial charge in [0, 0.05) is 40.6 Å². The molecular formula is C27H20BrN3O8. The molecule has 1 aliphatic rings. The number of carbonyl (C=O) groups excluding carboxylic acids is 5. The Hall–Kier alpha value is -4.71. The highest BCUT2D eigenvalue weighted by Gasteiger charge is 2.36. The summed E-state index contributed by atoms with van der Waals surface area (Å²) in [7, 11) is 0. The molecule has 1 heterocycles. The van der Waals surface area contributed by atoms with Crippen LogP contribution in [0, 0.1) is 10.1 Å². The van der Waals surface area contributed by atoms with Crippen molar-refractivity contribution < 1.29 is 33.6 Å². The molecule has 0 saturated carbocycles. The predicted molar refractivity (Wildman–Crippen MR) is 140 cm³/mol. The number of hydrogen-bond acceptors (Lipinski definition) is 8. The fourth-order valence-electron chi connectivity index (χ4n) is 3.81. The first-order valence-corrected chi connectivity index (χ1v) is 12.5. The van der Waals surface area contributed by atoms with Crippen molar-refractivity contribution in [2.75, 3.05) is 6.54 Å². The maximum absolute atomic E-state index is 13.3. The summed E-state index contributed by atoms with van der Waals surface area (Å²) < 4.78 is 6.13. The number of halogens is 1. The molecule has 39 heavy (non-hydrogen) atoms. The average molecular weight is 594 g/mol. The largest absolute Gasteiger partial charge is 0.423 e. The second-order valence-corrected chi connectivity index (χ2v) is 9.38. The van der Waals surface area contributed by atoms with Crippen molar-refractivity contribution in [2.24, 2.45) is 0 Å². The Morgan fingerprint density at radius 1 is 0.846 bits per heavy atom. The van der Waals surface area contributed by atoms with E-state index in [1.165, 1.54) is 36.4 Å². The molecule has 3 aromatic carbocycles. The zero-order valence-corrected chi connectivity index (χ0v) is 21.8. The number of nitro groups is 1. The standard InChI is InChI=1S/C27H20BrN3O8/c28-20-10-4-19(5-11-20)27(36)39-22-14-8-17(9-15-22)23(32)16-29(30-24(33)2-1-3-25(30)34)26(35)18-6-12-21(13-7-18)31(37)38/h4-15H,1-3,16H2. The lowest BCUT2D eigenvalue weighted by atomic mass is 10.1. The first-order valence-electron chi connectivity index (χ1n) is 11.7. The molecule has 4 rings (SSSR count). The van der Waals surface area contributed by atoms with Gasteiger partial charge >= 0.3 is 5.97 Å². The molecule has 1 saturated heterocycles. The number of piperidine rings is 1. The zero-order chi connectivity index (χ0) is 28.1.